The highest BCUT2D eigenvalue weighted by Crippen LogP contribution is 2.33. The van der Waals surface area contributed by atoms with Crippen LogP contribution in [-0.4, -0.2) is 37.5 Å². The maximum atomic E-state index is 10.2. The van der Waals surface area contributed by atoms with Gasteiger partial charge in [-0.1, -0.05) is 12.8 Å². The average molecular weight is 201 g/mol. The molecule has 0 aromatic rings. The monoisotopic (exact) mass is 201 g/mol. The van der Waals surface area contributed by atoms with Gasteiger partial charge in [-0.15, -0.1) is 0 Å². The molecule has 0 saturated heterocycles. The Balaban J connectivity index is 2.19. The van der Waals surface area contributed by atoms with E-state index in [9.17, 15) is 5.11 Å². The van der Waals surface area contributed by atoms with Crippen molar-refractivity contribution in [3.05, 3.63) is 0 Å². The van der Waals surface area contributed by atoms with Crippen LogP contribution in [0.5, 0.6) is 0 Å². The fourth-order valence-electron chi connectivity index (χ4n) is 2.21. The van der Waals surface area contributed by atoms with Gasteiger partial charge in [-0.2, -0.15) is 0 Å². The normalized spacial score (nSPS) is 22.5. The molecule has 3 nitrogen and oxygen atoms in total. The van der Waals surface area contributed by atoms with Gasteiger partial charge in [0, 0.05) is 20.2 Å². The van der Waals surface area contributed by atoms with Gasteiger partial charge >= 0.3 is 0 Å². The van der Waals surface area contributed by atoms with Crippen molar-refractivity contribution in [1.82, 2.24) is 5.32 Å². The molecule has 0 spiro atoms. The zero-order valence-electron chi connectivity index (χ0n) is 9.38. The summed E-state index contributed by atoms with van der Waals surface area (Å²) in [5, 5.41) is 13.4. The highest BCUT2D eigenvalue weighted by Gasteiger charge is 2.33. The molecule has 14 heavy (non-hydrogen) atoms. The minimum absolute atomic E-state index is 0.484. The van der Waals surface area contributed by atoms with E-state index in [0.717, 1.165) is 6.54 Å². The van der Waals surface area contributed by atoms with Crippen LogP contribution in [0, 0.1) is 5.92 Å². The minimum Gasteiger partial charge on any atom is -0.389 e. The second-order valence-corrected chi connectivity index (χ2v) is 4.51. The first-order chi connectivity index (χ1) is 6.67. The molecule has 84 valence electrons. The summed E-state index contributed by atoms with van der Waals surface area (Å²) in [5.74, 6) is 0.484. The van der Waals surface area contributed by atoms with Gasteiger partial charge in [0.25, 0.3) is 0 Å². The van der Waals surface area contributed by atoms with E-state index in [-0.39, 0.29) is 0 Å². The van der Waals surface area contributed by atoms with Crippen molar-refractivity contribution in [3.8, 4) is 0 Å². The molecular weight excluding hydrogens is 178 g/mol. The van der Waals surface area contributed by atoms with Gasteiger partial charge in [-0.25, -0.2) is 0 Å². The Hall–Kier alpha value is -0.120. The molecule has 1 aliphatic rings. The zero-order chi connectivity index (χ0) is 10.4. The second kappa shape index (κ2) is 5.69. The predicted octanol–water partition coefficient (Wildman–Crippen LogP) is 1.16. The van der Waals surface area contributed by atoms with Crippen molar-refractivity contribution in [2.45, 2.75) is 38.2 Å². The Morgan fingerprint density at radius 1 is 1.43 bits per heavy atom. The Kier molecular flexibility index (Phi) is 4.85. The van der Waals surface area contributed by atoms with E-state index in [4.69, 9.17) is 4.74 Å². The van der Waals surface area contributed by atoms with Gasteiger partial charge in [0.2, 0.25) is 0 Å². The van der Waals surface area contributed by atoms with Gasteiger partial charge in [0.05, 0.1) is 12.2 Å². The summed E-state index contributed by atoms with van der Waals surface area (Å²) in [6.07, 6.45) is 4.91. The summed E-state index contributed by atoms with van der Waals surface area (Å²) in [6, 6.07) is 0. The quantitative estimate of drug-likeness (QED) is 0.634. The molecule has 0 aromatic heterocycles. The molecule has 1 rings (SSSR count). The lowest BCUT2D eigenvalue weighted by molar-refractivity contribution is 0.00149. The van der Waals surface area contributed by atoms with Crippen LogP contribution in [0.3, 0.4) is 0 Å². The molecule has 1 fully saturated rings. The van der Waals surface area contributed by atoms with Crippen LogP contribution in [0.4, 0.5) is 0 Å². The third-order valence-electron chi connectivity index (χ3n) is 3.20. The number of nitrogens with one attached hydrogen (secondary N) is 1. The first kappa shape index (κ1) is 12.0. The smallest absolute Gasteiger partial charge is 0.0771 e. The Labute approximate surface area is 86.8 Å². The summed E-state index contributed by atoms with van der Waals surface area (Å²) in [6.45, 7) is 4.16. The van der Waals surface area contributed by atoms with E-state index in [1.54, 1.807) is 7.11 Å². The first-order valence-electron chi connectivity index (χ1n) is 5.59. The maximum Gasteiger partial charge on any atom is 0.0771 e. The number of aliphatic hydroxyl groups is 1. The molecule has 1 atom stereocenters. The summed E-state index contributed by atoms with van der Waals surface area (Å²) < 4.78 is 4.94. The fourth-order valence-corrected chi connectivity index (χ4v) is 2.21. The van der Waals surface area contributed by atoms with Crippen LogP contribution in [0.2, 0.25) is 0 Å². The summed E-state index contributed by atoms with van der Waals surface area (Å²) >= 11 is 0. The molecule has 1 saturated carbocycles. The van der Waals surface area contributed by atoms with Gasteiger partial charge in [0.15, 0.2) is 0 Å². The molecule has 0 aliphatic heterocycles. The van der Waals surface area contributed by atoms with Crippen molar-refractivity contribution in [2.24, 2.45) is 5.92 Å². The summed E-state index contributed by atoms with van der Waals surface area (Å²) in [7, 11) is 1.69. The summed E-state index contributed by atoms with van der Waals surface area (Å²) in [5.41, 5.74) is -0.537. The van der Waals surface area contributed by atoms with Gasteiger partial charge in [-0.05, 0) is 25.7 Å². The minimum atomic E-state index is -0.537. The highest BCUT2D eigenvalue weighted by molar-refractivity contribution is 4.87. The molecule has 3 heteroatoms. The van der Waals surface area contributed by atoms with E-state index >= 15 is 0 Å². The van der Waals surface area contributed by atoms with E-state index < -0.39 is 5.60 Å². The van der Waals surface area contributed by atoms with Crippen molar-refractivity contribution in [3.63, 3.8) is 0 Å². The first-order valence-corrected chi connectivity index (χ1v) is 5.59. The standard InChI is InChI=1S/C11H23NO2/c1-11(13,9-12-7-8-14-2)10-5-3-4-6-10/h10,12-13H,3-9H2,1-2H3. The number of hydrogen-bond acceptors (Lipinski definition) is 3. The lowest BCUT2D eigenvalue weighted by Gasteiger charge is -2.30. The molecule has 2 N–H and O–H groups in total. The average Bonchev–Trinajstić information content (AvgIpc) is 2.65. The van der Waals surface area contributed by atoms with Gasteiger partial charge in [-0.3, -0.25) is 0 Å². The molecule has 0 amide bonds. The van der Waals surface area contributed by atoms with Crippen molar-refractivity contribution >= 4 is 0 Å². The van der Waals surface area contributed by atoms with Crippen LogP contribution in [-0.2, 0) is 4.74 Å². The SMILES string of the molecule is COCCNCC(C)(O)C1CCCC1. The Morgan fingerprint density at radius 3 is 2.64 bits per heavy atom. The lowest BCUT2D eigenvalue weighted by Crippen LogP contribution is -2.44. The van der Waals surface area contributed by atoms with Crippen LogP contribution in [0.1, 0.15) is 32.6 Å². The van der Waals surface area contributed by atoms with Crippen LogP contribution >= 0.6 is 0 Å². The lowest BCUT2D eigenvalue weighted by atomic mass is 9.88. The topological polar surface area (TPSA) is 41.5 Å². The number of hydrogen-bond donors (Lipinski definition) is 2. The van der Waals surface area contributed by atoms with E-state index in [0.29, 0.717) is 19.1 Å². The van der Waals surface area contributed by atoms with Crippen LogP contribution in [0.25, 0.3) is 0 Å². The van der Waals surface area contributed by atoms with Gasteiger partial charge in [0.1, 0.15) is 0 Å². The maximum absolute atomic E-state index is 10.2. The third kappa shape index (κ3) is 3.56. The largest absolute Gasteiger partial charge is 0.389 e. The summed E-state index contributed by atoms with van der Waals surface area (Å²) in [4.78, 5) is 0. The fraction of sp³-hybridized carbons (Fsp3) is 1.00. The number of ether oxygens (including phenoxy) is 1. The van der Waals surface area contributed by atoms with E-state index in [1.807, 2.05) is 6.92 Å². The molecule has 1 unspecified atom stereocenters. The van der Waals surface area contributed by atoms with E-state index in [1.165, 1.54) is 25.7 Å². The van der Waals surface area contributed by atoms with E-state index in [2.05, 4.69) is 5.32 Å². The van der Waals surface area contributed by atoms with Crippen LogP contribution < -0.4 is 5.32 Å². The molecule has 0 bridgehead atoms. The Bertz CT molecular complexity index is 153. The number of methoxy groups -OCH3 is 1. The molecule has 0 heterocycles. The second-order valence-electron chi connectivity index (χ2n) is 4.51. The molecular formula is C11H23NO2. The van der Waals surface area contributed by atoms with Crippen molar-refractivity contribution < 1.29 is 9.84 Å². The van der Waals surface area contributed by atoms with Crippen molar-refractivity contribution in [2.75, 3.05) is 26.8 Å². The molecule has 1 aliphatic carbocycles. The predicted molar refractivity (Wildman–Crippen MR) is 57.3 cm³/mol. The van der Waals surface area contributed by atoms with Gasteiger partial charge < -0.3 is 15.2 Å². The van der Waals surface area contributed by atoms with Crippen molar-refractivity contribution in [1.29, 1.82) is 0 Å². The highest BCUT2D eigenvalue weighted by atomic mass is 16.5. The Morgan fingerprint density at radius 2 is 2.07 bits per heavy atom. The van der Waals surface area contributed by atoms with Crippen LogP contribution in [0.15, 0.2) is 0 Å². The zero-order valence-corrected chi connectivity index (χ0v) is 9.38. The third-order valence-corrected chi connectivity index (χ3v) is 3.20. The molecule has 0 radical (unpaired) electrons. The number of rotatable bonds is 6. The molecule has 0 aromatic carbocycles.